The standard InChI is InChI=1S/C18H17F3N4O2/c1-9-6-12-14(13(26)7-9)15(10-4-3-5-11(8-10)27-2)25-17(22-12)23-16(24-25)18(19,20)21/h3-5,8-9,15H,6-7H2,1-2H3,(H,22,23,24). The van der Waals surface area contributed by atoms with Gasteiger partial charge in [-0.2, -0.15) is 18.2 Å². The van der Waals surface area contributed by atoms with Crippen molar-refractivity contribution in [3.63, 3.8) is 0 Å². The van der Waals surface area contributed by atoms with Crippen molar-refractivity contribution >= 4 is 11.7 Å². The van der Waals surface area contributed by atoms with Crippen LogP contribution in [0.1, 0.15) is 37.2 Å². The minimum absolute atomic E-state index is 0.0178. The first-order valence-electron chi connectivity index (χ1n) is 8.49. The van der Waals surface area contributed by atoms with Gasteiger partial charge in [-0.25, -0.2) is 4.68 Å². The van der Waals surface area contributed by atoms with Gasteiger partial charge in [0.05, 0.1) is 7.11 Å². The SMILES string of the molecule is COc1cccc(C2C3=C(CC(C)CC3=O)Nc3nc(C(F)(F)F)nn32)c1. The molecule has 9 heteroatoms. The lowest BCUT2D eigenvalue weighted by molar-refractivity contribution is -0.145. The molecule has 0 spiro atoms. The van der Waals surface area contributed by atoms with Gasteiger partial charge in [0, 0.05) is 17.7 Å². The monoisotopic (exact) mass is 378 g/mol. The van der Waals surface area contributed by atoms with Crippen LogP contribution in [-0.2, 0) is 11.0 Å². The lowest BCUT2D eigenvalue weighted by atomic mass is 9.81. The van der Waals surface area contributed by atoms with E-state index in [1.54, 1.807) is 24.3 Å². The van der Waals surface area contributed by atoms with Crippen molar-refractivity contribution in [3.05, 3.63) is 46.9 Å². The molecule has 4 rings (SSSR count). The summed E-state index contributed by atoms with van der Waals surface area (Å²) in [5.41, 5.74) is 1.67. The Kier molecular flexibility index (Phi) is 3.97. The molecule has 0 saturated carbocycles. The summed E-state index contributed by atoms with van der Waals surface area (Å²) in [5, 5.41) is 6.57. The topological polar surface area (TPSA) is 69.0 Å². The number of methoxy groups -OCH3 is 1. The molecule has 0 fully saturated rings. The molecule has 2 heterocycles. The molecule has 0 radical (unpaired) electrons. The molecule has 1 aliphatic heterocycles. The van der Waals surface area contributed by atoms with Gasteiger partial charge in [-0.3, -0.25) is 4.79 Å². The third-order valence-corrected chi connectivity index (χ3v) is 4.79. The molecule has 1 aromatic carbocycles. The van der Waals surface area contributed by atoms with E-state index in [1.807, 2.05) is 6.92 Å². The van der Waals surface area contributed by atoms with E-state index in [0.29, 0.717) is 35.4 Å². The van der Waals surface area contributed by atoms with Crippen LogP contribution in [0.4, 0.5) is 19.1 Å². The molecule has 6 nitrogen and oxygen atoms in total. The normalized spacial score (nSPS) is 22.2. The maximum atomic E-state index is 13.2. The number of aromatic nitrogens is 3. The molecule has 0 bridgehead atoms. The fourth-order valence-electron chi connectivity index (χ4n) is 3.65. The summed E-state index contributed by atoms with van der Waals surface area (Å²) < 4.78 is 45.9. The number of alkyl halides is 3. The van der Waals surface area contributed by atoms with E-state index in [-0.39, 0.29) is 17.6 Å². The van der Waals surface area contributed by atoms with E-state index >= 15 is 0 Å². The largest absolute Gasteiger partial charge is 0.497 e. The highest BCUT2D eigenvalue weighted by Crippen LogP contribution is 2.42. The van der Waals surface area contributed by atoms with E-state index in [9.17, 15) is 18.0 Å². The average Bonchev–Trinajstić information content (AvgIpc) is 3.03. The zero-order chi connectivity index (χ0) is 19.3. The van der Waals surface area contributed by atoms with E-state index in [1.165, 1.54) is 7.11 Å². The quantitative estimate of drug-likeness (QED) is 0.865. The molecule has 2 atom stereocenters. The zero-order valence-corrected chi connectivity index (χ0v) is 14.7. The van der Waals surface area contributed by atoms with Crippen molar-refractivity contribution in [2.45, 2.75) is 32.0 Å². The van der Waals surface area contributed by atoms with Crippen LogP contribution in [0, 0.1) is 5.92 Å². The van der Waals surface area contributed by atoms with E-state index < -0.39 is 18.0 Å². The zero-order valence-electron chi connectivity index (χ0n) is 14.7. The maximum absolute atomic E-state index is 13.2. The second kappa shape index (κ2) is 6.11. The first kappa shape index (κ1) is 17.6. The summed E-state index contributed by atoms with van der Waals surface area (Å²) in [7, 11) is 1.50. The lowest BCUT2D eigenvalue weighted by Crippen LogP contribution is -2.33. The smallest absolute Gasteiger partial charge is 0.453 e. The van der Waals surface area contributed by atoms with E-state index in [4.69, 9.17) is 4.74 Å². The third-order valence-electron chi connectivity index (χ3n) is 4.79. The number of hydrogen-bond donors (Lipinski definition) is 1. The molecule has 1 aliphatic carbocycles. The van der Waals surface area contributed by atoms with Crippen LogP contribution >= 0.6 is 0 Å². The Labute approximate surface area is 153 Å². The number of carbonyl (C=O) groups excluding carboxylic acids is 1. The van der Waals surface area contributed by atoms with Crippen LogP contribution in [0.5, 0.6) is 5.75 Å². The maximum Gasteiger partial charge on any atom is 0.453 e. The number of ether oxygens (including phenoxy) is 1. The van der Waals surface area contributed by atoms with Crippen molar-refractivity contribution in [1.82, 2.24) is 14.8 Å². The van der Waals surface area contributed by atoms with Crippen molar-refractivity contribution in [2.24, 2.45) is 5.92 Å². The van der Waals surface area contributed by atoms with Crippen molar-refractivity contribution in [2.75, 3.05) is 12.4 Å². The van der Waals surface area contributed by atoms with Gasteiger partial charge in [0.2, 0.25) is 5.95 Å². The minimum Gasteiger partial charge on any atom is -0.497 e. The van der Waals surface area contributed by atoms with Crippen molar-refractivity contribution in [1.29, 1.82) is 0 Å². The van der Waals surface area contributed by atoms with Crippen LogP contribution in [0.2, 0.25) is 0 Å². The van der Waals surface area contributed by atoms with Gasteiger partial charge in [-0.05, 0) is 30.0 Å². The molecule has 142 valence electrons. The molecule has 2 aliphatic rings. The molecular formula is C18H17F3N4O2. The van der Waals surface area contributed by atoms with Gasteiger partial charge in [-0.1, -0.05) is 19.1 Å². The number of fused-ring (bicyclic) bond motifs is 1. The van der Waals surface area contributed by atoms with Crippen LogP contribution in [0.15, 0.2) is 35.5 Å². The Hall–Kier alpha value is -2.84. The number of allylic oxidation sites excluding steroid dienone is 2. The number of ketones is 1. The number of nitrogens with zero attached hydrogens (tertiary/aromatic N) is 3. The molecule has 2 aromatic rings. The molecule has 2 unspecified atom stereocenters. The molecule has 27 heavy (non-hydrogen) atoms. The van der Waals surface area contributed by atoms with E-state index in [2.05, 4.69) is 15.4 Å². The summed E-state index contributed by atoms with van der Waals surface area (Å²) in [4.78, 5) is 16.4. The van der Waals surface area contributed by atoms with Crippen molar-refractivity contribution < 1.29 is 22.7 Å². The van der Waals surface area contributed by atoms with Crippen LogP contribution in [-0.4, -0.2) is 27.7 Å². The summed E-state index contributed by atoms with van der Waals surface area (Å²) in [5.74, 6) is -0.707. The van der Waals surface area contributed by atoms with Gasteiger partial charge in [0.1, 0.15) is 11.8 Å². The Morgan fingerprint density at radius 3 is 2.78 bits per heavy atom. The molecule has 1 aromatic heterocycles. The summed E-state index contributed by atoms with van der Waals surface area (Å²) >= 11 is 0. The van der Waals surface area contributed by atoms with Crippen LogP contribution < -0.4 is 10.1 Å². The molecule has 1 N–H and O–H groups in total. The van der Waals surface area contributed by atoms with E-state index in [0.717, 1.165) is 4.68 Å². The first-order chi connectivity index (χ1) is 12.8. The lowest BCUT2D eigenvalue weighted by Gasteiger charge is -2.34. The summed E-state index contributed by atoms with van der Waals surface area (Å²) in [6.45, 7) is 1.93. The number of halogens is 3. The number of anilines is 1. The average molecular weight is 378 g/mol. The van der Waals surface area contributed by atoms with Crippen LogP contribution in [0.25, 0.3) is 0 Å². The fraction of sp³-hybridized carbons (Fsp3) is 0.389. The Balaban J connectivity index is 1.91. The Morgan fingerprint density at radius 2 is 2.07 bits per heavy atom. The third kappa shape index (κ3) is 2.96. The predicted octanol–water partition coefficient (Wildman–Crippen LogP) is 3.57. The number of rotatable bonds is 2. The molecule has 0 saturated heterocycles. The highest BCUT2D eigenvalue weighted by atomic mass is 19.4. The van der Waals surface area contributed by atoms with Gasteiger partial charge < -0.3 is 10.1 Å². The van der Waals surface area contributed by atoms with Gasteiger partial charge in [-0.15, -0.1) is 5.10 Å². The predicted molar refractivity (Wildman–Crippen MR) is 90.2 cm³/mol. The van der Waals surface area contributed by atoms with Gasteiger partial charge in [0.25, 0.3) is 5.82 Å². The Bertz CT molecular complexity index is 948. The highest BCUT2D eigenvalue weighted by molar-refractivity contribution is 5.99. The summed E-state index contributed by atoms with van der Waals surface area (Å²) in [6.07, 6.45) is -3.77. The molecule has 0 amide bonds. The number of hydrogen-bond acceptors (Lipinski definition) is 5. The first-order valence-corrected chi connectivity index (χ1v) is 8.49. The fourth-order valence-corrected chi connectivity index (χ4v) is 3.65. The molecular weight excluding hydrogens is 361 g/mol. The van der Waals surface area contributed by atoms with Gasteiger partial charge in [0.15, 0.2) is 5.78 Å². The van der Waals surface area contributed by atoms with Crippen molar-refractivity contribution in [3.8, 4) is 5.75 Å². The number of carbonyl (C=O) groups is 1. The highest BCUT2D eigenvalue weighted by Gasteiger charge is 2.43. The number of benzene rings is 1. The number of nitrogens with one attached hydrogen (secondary N) is 1. The Morgan fingerprint density at radius 1 is 1.30 bits per heavy atom. The number of Topliss-reactive ketones (excluding diaryl/α,β-unsaturated/α-hetero) is 1. The minimum atomic E-state index is -4.68. The van der Waals surface area contributed by atoms with Gasteiger partial charge >= 0.3 is 6.18 Å². The second-order valence-corrected chi connectivity index (χ2v) is 6.83. The second-order valence-electron chi connectivity index (χ2n) is 6.83. The van der Waals surface area contributed by atoms with Crippen LogP contribution in [0.3, 0.4) is 0 Å². The summed E-state index contributed by atoms with van der Waals surface area (Å²) in [6, 6.07) is 6.12.